The van der Waals surface area contributed by atoms with Crippen LogP contribution in [-0.4, -0.2) is 56.8 Å². The molecule has 1 saturated heterocycles. The van der Waals surface area contributed by atoms with Crippen molar-refractivity contribution in [3.8, 4) is 5.75 Å². The fraction of sp³-hybridized carbons (Fsp3) is 0.409. The molecule has 4 rings (SSSR count). The van der Waals surface area contributed by atoms with Crippen molar-refractivity contribution >= 4 is 22.0 Å². The number of furan rings is 1. The van der Waals surface area contributed by atoms with E-state index in [1.165, 1.54) is 29.6 Å². The van der Waals surface area contributed by atoms with Crippen molar-refractivity contribution in [2.75, 3.05) is 33.3 Å². The summed E-state index contributed by atoms with van der Waals surface area (Å²) in [5.74, 6) is 3.27. The predicted octanol–water partition coefficient (Wildman–Crippen LogP) is 2.96. The van der Waals surface area contributed by atoms with Gasteiger partial charge in [0, 0.05) is 38.2 Å². The van der Waals surface area contributed by atoms with Crippen molar-refractivity contribution in [3.05, 3.63) is 54.0 Å². The van der Waals surface area contributed by atoms with Crippen molar-refractivity contribution in [1.29, 1.82) is 0 Å². The molecule has 7 nitrogen and oxygen atoms in total. The van der Waals surface area contributed by atoms with Gasteiger partial charge in [-0.3, -0.25) is 4.79 Å². The zero-order valence-electron chi connectivity index (χ0n) is 17.2. The lowest BCUT2D eigenvalue weighted by molar-refractivity contribution is -0.127. The molecule has 2 aromatic rings. The number of methoxy groups -OCH3 is 1. The third-order valence-electron chi connectivity index (χ3n) is 5.76. The van der Waals surface area contributed by atoms with Crippen LogP contribution in [0.5, 0.6) is 5.75 Å². The fourth-order valence-electron chi connectivity index (χ4n) is 3.68. The molecule has 1 saturated carbocycles. The van der Waals surface area contributed by atoms with E-state index < -0.39 is 10.0 Å². The van der Waals surface area contributed by atoms with Gasteiger partial charge in [-0.15, -0.1) is 0 Å². The molecule has 1 amide bonds. The second-order valence-electron chi connectivity index (χ2n) is 7.80. The van der Waals surface area contributed by atoms with Gasteiger partial charge in [-0.2, -0.15) is 4.31 Å². The molecule has 2 heterocycles. The van der Waals surface area contributed by atoms with Gasteiger partial charge in [0.05, 0.1) is 12.0 Å². The van der Waals surface area contributed by atoms with Gasteiger partial charge in [0.1, 0.15) is 17.3 Å². The van der Waals surface area contributed by atoms with Crippen molar-refractivity contribution in [2.24, 2.45) is 5.92 Å². The SMILES string of the molecule is COc1ccc(S(=O)(=O)N2CCN(C(=O)/C=C/c3ccc(C4CC4C)o3)CC2)cc1. The van der Waals surface area contributed by atoms with Crippen LogP contribution in [0.4, 0.5) is 0 Å². The minimum absolute atomic E-state index is 0.144. The molecule has 1 aliphatic carbocycles. The smallest absolute Gasteiger partial charge is 0.246 e. The Morgan fingerprint density at radius 2 is 1.77 bits per heavy atom. The Morgan fingerprint density at radius 1 is 1.10 bits per heavy atom. The number of hydrogen-bond donors (Lipinski definition) is 0. The van der Waals surface area contributed by atoms with Gasteiger partial charge in [0.25, 0.3) is 0 Å². The van der Waals surface area contributed by atoms with Gasteiger partial charge >= 0.3 is 0 Å². The molecule has 2 unspecified atom stereocenters. The molecule has 160 valence electrons. The van der Waals surface area contributed by atoms with Crippen LogP contribution in [0.15, 0.2) is 51.8 Å². The normalized spacial score (nSPS) is 22.4. The summed E-state index contributed by atoms with van der Waals surface area (Å²) in [5.41, 5.74) is 0. The van der Waals surface area contributed by atoms with Crippen molar-refractivity contribution in [1.82, 2.24) is 9.21 Å². The topological polar surface area (TPSA) is 80.1 Å². The largest absolute Gasteiger partial charge is 0.497 e. The summed E-state index contributed by atoms with van der Waals surface area (Å²) in [7, 11) is -2.05. The highest BCUT2D eigenvalue weighted by molar-refractivity contribution is 7.89. The molecule has 0 N–H and O–H groups in total. The van der Waals surface area contributed by atoms with Gasteiger partial charge in [-0.25, -0.2) is 8.42 Å². The Morgan fingerprint density at radius 3 is 2.37 bits per heavy atom. The van der Waals surface area contributed by atoms with Crippen molar-refractivity contribution in [2.45, 2.75) is 24.2 Å². The van der Waals surface area contributed by atoms with Gasteiger partial charge in [0.2, 0.25) is 15.9 Å². The van der Waals surface area contributed by atoms with Crippen LogP contribution in [-0.2, 0) is 14.8 Å². The maximum atomic E-state index is 12.8. The molecule has 2 atom stereocenters. The molecule has 2 fully saturated rings. The second-order valence-corrected chi connectivity index (χ2v) is 9.74. The summed E-state index contributed by atoms with van der Waals surface area (Å²) < 4.78 is 37.9. The first-order valence-electron chi connectivity index (χ1n) is 10.1. The molecule has 1 aromatic heterocycles. The van der Waals surface area contributed by atoms with E-state index in [0.717, 1.165) is 12.2 Å². The van der Waals surface area contributed by atoms with Gasteiger partial charge in [-0.05, 0) is 54.8 Å². The van der Waals surface area contributed by atoms with Crippen LogP contribution in [0.25, 0.3) is 6.08 Å². The number of carbonyl (C=O) groups excluding carboxylic acids is 1. The highest BCUT2D eigenvalue weighted by Gasteiger charge is 2.36. The average molecular weight is 431 g/mol. The predicted molar refractivity (Wildman–Crippen MR) is 113 cm³/mol. The molecule has 8 heteroatoms. The third kappa shape index (κ3) is 4.29. The van der Waals surface area contributed by atoms with E-state index >= 15 is 0 Å². The number of benzene rings is 1. The number of piperazine rings is 1. The van der Waals surface area contributed by atoms with E-state index in [1.54, 1.807) is 23.1 Å². The number of sulfonamides is 1. The van der Waals surface area contributed by atoms with Crippen molar-refractivity contribution in [3.63, 3.8) is 0 Å². The molecule has 0 bridgehead atoms. The molecule has 0 radical (unpaired) electrons. The molecule has 30 heavy (non-hydrogen) atoms. The number of nitrogens with zero attached hydrogens (tertiary/aromatic N) is 2. The average Bonchev–Trinajstić information content (AvgIpc) is 3.31. The van der Waals surface area contributed by atoms with E-state index in [0.29, 0.717) is 36.4 Å². The summed E-state index contributed by atoms with van der Waals surface area (Å²) in [5, 5.41) is 0. The highest BCUT2D eigenvalue weighted by atomic mass is 32.2. The zero-order valence-corrected chi connectivity index (χ0v) is 18.0. The Hall–Kier alpha value is -2.58. The molecular weight excluding hydrogens is 404 g/mol. The third-order valence-corrected chi connectivity index (χ3v) is 7.67. The molecule has 2 aliphatic rings. The van der Waals surface area contributed by atoms with Crippen LogP contribution < -0.4 is 4.74 Å². The molecular formula is C22H26N2O5S. The first-order chi connectivity index (χ1) is 14.4. The first kappa shape index (κ1) is 20.7. The molecule has 1 aliphatic heterocycles. The second kappa shape index (κ2) is 8.28. The zero-order chi connectivity index (χ0) is 21.3. The summed E-state index contributed by atoms with van der Waals surface area (Å²) >= 11 is 0. The lowest BCUT2D eigenvalue weighted by Gasteiger charge is -2.33. The van der Waals surface area contributed by atoms with Gasteiger partial charge in [0.15, 0.2) is 0 Å². The van der Waals surface area contributed by atoms with Crippen molar-refractivity contribution < 1.29 is 22.4 Å². The van der Waals surface area contributed by atoms with Crippen LogP contribution in [0, 0.1) is 5.92 Å². The number of rotatable bonds is 6. The van der Waals surface area contributed by atoms with Crippen LogP contribution in [0.1, 0.15) is 30.8 Å². The lowest BCUT2D eigenvalue weighted by Crippen LogP contribution is -2.50. The van der Waals surface area contributed by atoms with E-state index in [-0.39, 0.29) is 23.9 Å². The molecule has 1 aromatic carbocycles. The maximum Gasteiger partial charge on any atom is 0.246 e. The number of amides is 1. The van der Waals surface area contributed by atoms with E-state index in [2.05, 4.69) is 6.92 Å². The summed E-state index contributed by atoms with van der Waals surface area (Å²) in [6.07, 6.45) is 4.32. The minimum Gasteiger partial charge on any atom is -0.497 e. The summed E-state index contributed by atoms with van der Waals surface area (Å²) in [6, 6.07) is 10.2. The fourth-order valence-corrected chi connectivity index (χ4v) is 5.10. The van der Waals surface area contributed by atoms with Crippen LogP contribution in [0.3, 0.4) is 0 Å². The van der Waals surface area contributed by atoms with E-state index in [9.17, 15) is 13.2 Å². The molecule has 0 spiro atoms. The Balaban J connectivity index is 1.33. The Kier molecular flexibility index (Phi) is 5.71. The van der Waals surface area contributed by atoms with E-state index in [1.807, 2.05) is 12.1 Å². The maximum absolute atomic E-state index is 12.8. The lowest BCUT2D eigenvalue weighted by atomic mass is 10.3. The monoisotopic (exact) mass is 430 g/mol. The van der Waals surface area contributed by atoms with Crippen LogP contribution in [0.2, 0.25) is 0 Å². The quantitative estimate of drug-likeness (QED) is 0.659. The Bertz CT molecular complexity index is 1030. The van der Waals surface area contributed by atoms with Gasteiger partial charge < -0.3 is 14.1 Å². The minimum atomic E-state index is -3.59. The summed E-state index contributed by atoms with van der Waals surface area (Å²) in [4.78, 5) is 14.4. The first-order valence-corrected chi connectivity index (χ1v) is 11.5. The van der Waals surface area contributed by atoms with Gasteiger partial charge in [-0.1, -0.05) is 6.92 Å². The number of hydrogen-bond acceptors (Lipinski definition) is 5. The standard InChI is InChI=1S/C22H26N2O5S/c1-16-15-20(16)21-9-5-18(29-21)6-10-22(25)23-11-13-24(14-12-23)30(26,27)19-7-3-17(28-2)4-8-19/h3-10,16,20H,11-15H2,1-2H3/b10-6+. The number of carbonyl (C=O) groups is 1. The summed E-state index contributed by atoms with van der Waals surface area (Å²) in [6.45, 7) is 3.42. The highest BCUT2D eigenvalue weighted by Crippen LogP contribution is 2.47. The van der Waals surface area contributed by atoms with E-state index in [4.69, 9.17) is 9.15 Å². The van der Waals surface area contributed by atoms with Crippen LogP contribution >= 0.6 is 0 Å². The number of ether oxygens (including phenoxy) is 1. The Labute approximate surface area is 177 Å².